The van der Waals surface area contributed by atoms with Crippen molar-refractivity contribution >= 4 is 22.6 Å². The van der Waals surface area contributed by atoms with Crippen LogP contribution in [0.3, 0.4) is 0 Å². The number of benzene rings is 1. The molecule has 0 unspecified atom stereocenters. The number of hydrogen-bond acceptors (Lipinski definition) is 4. The predicted octanol–water partition coefficient (Wildman–Crippen LogP) is 4.01. The lowest BCUT2D eigenvalue weighted by molar-refractivity contribution is 0.0858. The van der Waals surface area contributed by atoms with Gasteiger partial charge >= 0.3 is 0 Å². The molecule has 0 fully saturated rings. The van der Waals surface area contributed by atoms with Crippen molar-refractivity contribution in [2.45, 2.75) is 40.7 Å². The number of imidazole rings is 2. The van der Waals surface area contributed by atoms with E-state index in [0.29, 0.717) is 17.4 Å². The molecular formula is C19H25N5O. The number of hydrogen-bond donors (Lipinski definition) is 2. The van der Waals surface area contributed by atoms with Gasteiger partial charge in [-0.3, -0.25) is 4.79 Å². The number of nitrogens with one attached hydrogen (secondary N) is 2. The molecular weight excluding hydrogens is 314 g/mol. The van der Waals surface area contributed by atoms with Crippen LogP contribution in [-0.2, 0) is 7.05 Å². The van der Waals surface area contributed by atoms with Gasteiger partial charge in [-0.2, -0.15) is 0 Å². The van der Waals surface area contributed by atoms with Gasteiger partial charge in [0.25, 0.3) is 0 Å². The normalized spacial score (nSPS) is 12.1. The van der Waals surface area contributed by atoms with Crippen molar-refractivity contribution in [2.24, 2.45) is 12.5 Å². The Bertz CT molecular complexity index is 927. The van der Waals surface area contributed by atoms with Gasteiger partial charge in [0.2, 0.25) is 0 Å². The number of carbonyl (C=O) groups excluding carboxylic acids is 1. The van der Waals surface area contributed by atoms with E-state index in [0.717, 1.165) is 22.7 Å². The quantitative estimate of drug-likeness (QED) is 0.704. The maximum atomic E-state index is 12.5. The van der Waals surface area contributed by atoms with Gasteiger partial charge in [-0.05, 0) is 32.0 Å². The summed E-state index contributed by atoms with van der Waals surface area (Å²) in [5.41, 5.74) is 1.94. The zero-order valence-corrected chi connectivity index (χ0v) is 15.6. The van der Waals surface area contributed by atoms with E-state index in [-0.39, 0.29) is 5.78 Å². The van der Waals surface area contributed by atoms with Gasteiger partial charge in [0.15, 0.2) is 17.4 Å². The third kappa shape index (κ3) is 3.43. The Morgan fingerprint density at radius 2 is 1.96 bits per heavy atom. The van der Waals surface area contributed by atoms with Crippen molar-refractivity contribution < 1.29 is 4.79 Å². The van der Waals surface area contributed by atoms with Gasteiger partial charge in [0, 0.05) is 30.3 Å². The first-order chi connectivity index (χ1) is 11.6. The summed E-state index contributed by atoms with van der Waals surface area (Å²) in [4.78, 5) is 25.0. The van der Waals surface area contributed by atoms with E-state index in [1.54, 1.807) is 0 Å². The number of aromatic amines is 1. The Morgan fingerprint density at radius 3 is 2.60 bits per heavy atom. The molecule has 2 N–H and O–H groups in total. The van der Waals surface area contributed by atoms with E-state index >= 15 is 0 Å². The molecule has 132 valence electrons. The van der Waals surface area contributed by atoms with Crippen molar-refractivity contribution in [3.05, 3.63) is 30.0 Å². The summed E-state index contributed by atoms with van der Waals surface area (Å²) in [6.07, 6.45) is 1.94. The number of anilines is 1. The van der Waals surface area contributed by atoms with E-state index in [2.05, 4.69) is 34.1 Å². The van der Waals surface area contributed by atoms with Crippen LogP contribution in [0.4, 0.5) is 5.82 Å². The zero-order valence-electron chi connectivity index (χ0n) is 15.6. The summed E-state index contributed by atoms with van der Waals surface area (Å²) in [5, 5.41) is 3.29. The number of Topliss-reactive ketones (excluding diaryl/α,β-unsaturated/α-hetero) is 1. The second-order valence-electron chi connectivity index (χ2n) is 7.76. The van der Waals surface area contributed by atoms with Crippen LogP contribution >= 0.6 is 0 Å². The lowest BCUT2D eigenvalue weighted by atomic mass is 9.86. The van der Waals surface area contributed by atoms with Gasteiger partial charge in [0.1, 0.15) is 5.82 Å². The van der Waals surface area contributed by atoms with Crippen LogP contribution in [0, 0.1) is 5.41 Å². The Kier molecular flexibility index (Phi) is 4.14. The minimum atomic E-state index is -0.409. The zero-order chi connectivity index (χ0) is 18.4. The van der Waals surface area contributed by atoms with Crippen LogP contribution in [0.2, 0.25) is 0 Å². The Balaban J connectivity index is 1.99. The van der Waals surface area contributed by atoms with Crippen molar-refractivity contribution in [1.82, 2.24) is 19.5 Å². The van der Waals surface area contributed by atoms with Gasteiger partial charge in [-0.25, -0.2) is 9.97 Å². The van der Waals surface area contributed by atoms with Crippen molar-refractivity contribution in [3.8, 4) is 11.6 Å². The van der Waals surface area contributed by atoms with Gasteiger partial charge in [-0.15, -0.1) is 0 Å². The first-order valence-corrected chi connectivity index (χ1v) is 8.50. The summed E-state index contributed by atoms with van der Waals surface area (Å²) in [7, 11) is 1.94. The van der Waals surface area contributed by atoms with Crippen molar-refractivity contribution in [1.29, 1.82) is 0 Å². The number of nitrogens with zero attached hydrogens (tertiary/aromatic N) is 3. The summed E-state index contributed by atoms with van der Waals surface area (Å²) in [6, 6.07) is 5.90. The predicted molar refractivity (Wildman–Crippen MR) is 101 cm³/mol. The largest absolute Gasteiger partial charge is 0.367 e. The minimum absolute atomic E-state index is 0.117. The fourth-order valence-electron chi connectivity index (χ4n) is 2.74. The topological polar surface area (TPSA) is 75.6 Å². The van der Waals surface area contributed by atoms with Crippen molar-refractivity contribution in [2.75, 3.05) is 5.32 Å². The third-order valence-corrected chi connectivity index (χ3v) is 3.95. The Morgan fingerprint density at radius 1 is 1.24 bits per heavy atom. The maximum absolute atomic E-state index is 12.5. The van der Waals surface area contributed by atoms with E-state index in [4.69, 9.17) is 0 Å². The number of carbonyl (C=O) groups is 1. The van der Waals surface area contributed by atoms with Crippen LogP contribution in [0.5, 0.6) is 0 Å². The number of aromatic nitrogens is 4. The van der Waals surface area contributed by atoms with Crippen LogP contribution < -0.4 is 5.32 Å². The molecule has 6 heteroatoms. The van der Waals surface area contributed by atoms with Crippen LogP contribution in [-0.4, -0.2) is 31.3 Å². The molecule has 0 saturated heterocycles. The highest BCUT2D eigenvalue weighted by Gasteiger charge is 2.23. The van der Waals surface area contributed by atoms with Crippen LogP contribution in [0.25, 0.3) is 22.7 Å². The molecule has 0 bridgehead atoms. The molecule has 0 spiro atoms. The molecule has 0 aliphatic carbocycles. The highest BCUT2D eigenvalue weighted by atomic mass is 16.1. The molecule has 1 aromatic carbocycles. The van der Waals surface area contributed by atoms with E-state index in [1.807, 2.05) is 56.8 Å². The van der Waals surface area contributed by atoms with E-state index < -0.39 is 5.41 Å². The van der Waals surface area contributed by atoms with Gasteiger partial charge < -0.3 is 14.9 Å². The monoisotopic (exact) mass is 339 g/mol. The summed E-state index contributed by atoms with van der Waals surface area (Å²) >= 11 is 0. The van der Waals surface area contributed by atoms with Crippen LogP contribution in [0.1, 0.15) is 45.0 Å². The Hall–Kier alpha value is -2.63. The molecule has 3 rings (SSSR count). The first-order valence-electron chi connectivity index (χ1n) is 8.50. The molecule has 0 radical (unpaired) electrons. The molecule has 0 aliphatic heterocycles. The molecule has 0 amide bonds. The van der Waals surface area contributed by atoms with Gasteiger partial charge in [0.05, 0.1) is 11.0 Å². The number of aryl methyl sites for hydroxylation is 1. The lowest BCUT2D eigenvalue weighted by Gasteiger charge is -2.16. The number of H-pyrrole nitrogens is 1. The average molecular weight is 339 g/mol. The molecule has 6 nitrogen and oxygen atoms in total. The number of rotatable bonds is 4. The molecule has 2 aromatic heterocycles. The SMILES string of the molecule is CC(C)Nc1cn(C)c(-c2nc3ccc(C(=O)C(C)(C)C)cc3[nH]2)n1. The van der Waals surface area contributed by atoms with E-state index in [9.17, 15) is 4.79 Å². The van der Waals surface area contributed by atoms with Crippen molar-refractivity contribution in [3.63, 3.8) is 0 Å². The molecule has 0 aliphatic rings. The highest BCUT2D eigenvalue weighted by molar-refractivity contribution is 6.02. The molecule has 25 heavy (non-hydrogen) atoms. The fraction of sp³-hybridized carbons (Fsp3) is 0.421. The smallest absolute Gasteiger partial charge is 0.178 e. The number of fused-ring (bicyclic) bond motifs is 1. The molecule has 3 aromatic rings. The minimum Gasteiger partial charge on any atom is -0.367 e. The first kappa shape index (κ1) is 17.2. The summed E-state index contributed by atoms with van der Waals surface area (Å²) < 4.78 is 1.93. The van der Waals surface area contributed by atoms with E-state index in [1.165, 1.54) is 0 Å². The van der Waals surface area contributed by atoms with Gasteiger partial charge in [-0.1, -0.05) is 20.8 Å². The number of ketones is 1. The third-order valence-electron chi connectivity index (χ3n) is 3.95. The summed E-state index contributed by atoms with van der Waals surface area (Å²) in [5.74, 6) is 2.38. The second-order valence-corrected chi connectivity index (χ2v) is 7.76. The average Bonchev–Trinajstić information content (AvgIpc) is 3.07. The molecule has 2 heterocycles. The molecule has 0 atom stereocenters. The second kappa shape index (κ2) is 6.02. The maximum Gasteiger partial charge on any atom is 0.178 e. The summed E-state index contributed by atoms with van der Waals surface area (Å²) in [6.45, 7) is 9.92. The molecule has 0 saturated carbocycles. The lowest BCUT2D eigenvalue weighted by Crippen LogP contribution is -2.19. The van der Waals surface area contributed by atoms with Crippen LogP contribution in [0.15, 0.2) is 24.4 Å². The fourth-order valence-corrected chi connectivity index (χ4v) is 2.74. The standard InChI is InChI=1S/C19H25N5O/c1-11(2)20-15-10-24(6)18(23-15)17-21-13-8-7-12(9-14(13)22-17)16(25)19(3,4)5/h7-11,20H,1-6H3,(H,21,22). The highest BCUT2D eigenvalue weighted by Crippen LogP contribution is 2.25. The Labute approximate surface area is 147 Å².